The molecule has 2 amide bonds. The van der Waals surface area contributed by atoms with Gasteiger partial charge < -0.3 is 4.74 Å². The van der Waals surface area contributed by atoms with Gasteiger partial charge in [0.25, 0.3) is 5.91 Å². The molecule has 2 N–H and O–H groups in total. The Kier molecular flexibility index (Phi) is 5.92. The van der Waals surface area contributed by atoms with Crippen LogP contribution in [0.4, 0.5) is 0 Å². The maximum Gasteiger partial charge on any atom is 0.279 e. The van der Waals surface area contributed by atoms with Crippen LogP contribution < -0.4 is 15.6 Å². The number of carbonyl (C=O) groups is 2. The van der Waals surface area contributed by atoms with Crippen LogP contribution >= 0.6 is 23.2 Å². The molecule has 1 atom stereocenters. The van der Waals surface area contributed by atoms with E-state index < -0.39 is 12.0 Å². The first-order valence-electron chi connectivity index (χ1n) is 5.64. The van der Waals surface area contributed by atoms with Crippen molar-refractivity contribution in [2.24, 2.45) is 0 Å². The van der Waals surface area contributed by atoms with Crippen molar-refractivity contribution in [3.8, 4) is 5.75 Å². The Labute approximate surface area is 121 Å². The van der Waals surface area contributed by atoms with E-state index >= 15 is 0 Å². The Bertz CT molecular complexity index is 480. The van der Waals surface area contributed by atoms with Crippen LogP contribution in [0.2, 0.25) is 10.0 Å². The van der Waals surface area contributed by atoms with Crippen LogP contribution in [0.5, 0.6) is 5.75 Å². The molecule has 0 aliphatic carbocycles. The third-order valence-electron chi connectivity index (χ3n) is 2.21. The van der Waals surface area contributed by atoms with Gasteiger partial charge in [-0.1, -0.05) is 30.1 Å². The molecule has 0 radical (unpaired) electrons. The number of nitrogens with one attached hydrogen (secondary N) is 2. The third kappa shape index (κ3) is 4.96. The Morgan fingerprint density at radius 1 is 1.32 bits per heavy atom. The molecule has 0 aliphatic rings. The second-order valence-electron chi connectivity index (χ2n) is 3.73. The molecule has 1 rings (SSSR count). The maximum absolute atomic E-state index is 11.6. The maximum atomic E-state index is 11.6. The van der Waals surface area contributed by atoms with E-state index in [1.165, 1.54) is 6.07 Å². The fraction of sp³-hybridized carbons (Fsp3) is 0.333. The summed E-state index contributed by atoms with van der Waals surface area (Å²) in [6, 6.07) is 4.69. The minimum atomic E-state index is -0.809. The molecule has 1 aromatic carbocycles. The summed E-state index contributed by atoms with van der Waals surface area (Å²) in [4.78, 5) is 22.6. The van der Waals surface area contributed by atoms with Crippen LogP contribution in [0.3, 0.4) is 0 Å². The zero-order chi connectivity index (χ0) is 14.4. The average molecular weight is 305 g/mol. The number of amides is 2. The van der Waals surface area contributed by atoms with E-state index in [1.54, 1.807) is 26.0 Å². The van der Waals surface area contributed by atoms with Crippen molar-refractivity contribution in [3.05, 3.63) is 28.2 Å². The summed E-state index contributed by atoms with van der Waals surface area (Å²) in [5.41, 5.74) is 4.50. The van der Waals surface area contributed by atoms with Crippen molar-refractivity contribution >= 4 is 35.0 Å². The van der Waals surface area contributed by atoms with E-state index in [2.05, 4.69) is 10.9 Å². The highest BCUT2D eigenvalue weighted by atomic mass is 35.5. The fourth-order valence-corrected chi connectivity index (χ4v) is 1.59. The Hall–Kier alpha value is -1.46. The molecule has 0 saturated carbocycles. The number of hydrogen-bond acceptors (Lipinski definition) is 3. The Morgan fingerprint density at radius 2 is 2.00 bits per heavy atom. The normalized spacial score (nSPS) is 11.6. The van der Waals surface area contributed by atoms with Crippen LogP contribution in [0, 0.1) is 0 Å². The Balaban J connectivity index is 2.56. The standard InChI is InChI=1S/C12H14Cl2N2O3/c1-3-11(17)15-16-12(18)7(2)19-10-5-4-8(13)6-9(10)14/h4-7H,3H2,1-2H3,(H,15,17)(H,16,18). The molecule has 1 unspecified atom stereocenters. The predicted octanol–water partition coefficient (Wildman–Crippen LogP) is 2.32. The molecule has 0 fully saturated rings. The van der Waals surface area contributed by atoms with Crippen molar-refractivity contribution in [1.29, 1.82) is 0 Å². The fourth-order valence-electron chi connectivity index (χ4n) is 1.14. The monoisotopic (exact) mass is 304 g/mol. The zero-order valence-electron chi connectivity index (χ0n) is 10.5. The number of carbonyl (C=O) groups excluding carboxylic acids is 2. The highest BCUT2D eigenvalue weighted by Gasteiger charge is 2.16. The number of ether oxygens (including phenoxy) is 1. The zero-order valence-corrected chi connectivity index (χ0v) is 12.0. The van der Waals surface area contributed by atoms with E-state index in [1.807, 2.05) is 0 Å². The van der Waals surface area contributed by atoms with Crippen LogP contribution in [-0.4, -0.2) is 17.9 Å². The van der Waals surface area contributed by atoms with Gasteiger partial charge in [0.15, 0.2) is 6.10 Å². The third-order valence-corrected chi connectivity index (χ3v) is 2.74. The number of rotatable bonds is 4. The molecule has 0 aliphatic heterocycles. The quantitative estimate of drug-likeness (QED) is 0.839. The van der Waals surface area contributed by atoms with Gasteiger partial charge in [0.2, 0.25) is 5.91 Å². The summed E-state index contributed by atoms with van der Waals surface area (Å²) in [5.74, 6) is -0.423. The summed E-state index contributed by atoms with van der Waals surface area (Å²) in [6.45, 7) is 3.22. The molecule has 0 spiro atoms. The largest absolute Gasteiger partial charge is 0.479 e. The van der Waals surface area contributed by atoms with Crippen molar-refractivity contribution in [2.45, 2.75) is 26.4 Å². The van der Waals surface area contributed by atoms with Crippen molar-refractivity contribution < 1.29 is 14.3 Å². The molecule has 104 valence electrons. The molecular formula is C12H14Cl2N2O3. The van der Waals surface area contributed by atoms with Gasteiger partial charge in [-0.05, 0) is 25.1 Å². The van der Waals surface area contributed by atoms with Crippen molar-refractivity contribution in [3.63, 3.8) is 0 Å². The van der Waals surface area contributed by atoms with Crippen LogP contribution in [0.25, 0.3) is 0 Å². The second-order valence-corrected chi connectivity index (χ2v) is 4.57. The van der Waals surface area contributed by atoms with Crippen molar-refractivity contribution in [1.82, 2.24) is 10.9 Å². The lowest BCUT2D eigenvalue weighted by atomic mass is 10.3. The first kappa shape index (κ1) is 15.6. The van der Waals surface area contributed by atoms with Gasteiger partial charge in [-0.25, -0.2) is 0 Å². The lowest BCUT2D eigenvalue weighted by molar-refractivity contribution is -0.132. The van der Waals surface area contributed by atoms with Gasteiger partial charge in [-0.3, -0.25) is 20.4 Å². The van der Waals surface area contributed by atoms with Gasteiger partial charge in [-0.2, -0.15) is 0 Å². The smallest absolute Gasteiger partial charge is 0.279 e. The van der Waals surface area contributed by atoms with E-state index in [9.17, 15) is 9.59 Å². The molecule has 5 nitrogen and oxygen atoms in total. The van der Waals surface area contributed by atoms with Crippen LogP contribution in [-0.2, 0) is 9.59 Å². The molecule has 19 heavy (non-hydrogen) atoms. The second kappa shape index (κ2) is 7.21. The predicted molar refractivity (Wildman–Crippen MR) is 73.1 cm³/mol. The summed E-state index contributed by atoms with van der Waals surface area (Å²) in [7, 11) is 0. The number of hydrazine groups is 1. The summed E-state index contributed by atoms with van der Waals surface area (Å²) < 4.78 is 5.37. The first-order chi connectivity index (χ1) is 8.93. The highest BCUT2D eigenvalue weighted by Crippen LogP contribution is 2.28. The average Bonchev–Trinajstić information content (AvgIpc) is 2.38. The molecule has 0 bridgehead atoms. The number of hydrogen-bond donors (Lipinski definition) is 2. The minimum absolute atomic E-state index is 0.276. The van der Waals surface area contributed by atoms with E-state index in [4.69, 9.17) is 27.9 Å². The van der Waals surface area contributed by atoms with Gasteiger partial charge >= 0.3 is 0 Å². The SMILES string of the molecule is CCC(=O)NNC(=O)C(C)Oc1ccc(Cl)cc1Cl. The van der Waals surface area contributed by atoms with Gasteiger partial charge in [0.05, 0.1) is 5.02 Å². The lowest BCUT2D eigenvalue weighted by Gasteiger charge is -2.15. The van der Waals surface area contributed by atoms with E-state index in [0.717, 1.165) is 0 Å². The molecule has 7 heteroatoms. The van der Waals surface area contributed by atoms with Gasteiger partial charge in [0.1, 0.15) is 5.75 Å². The molecule has 0 aromatic heterocycles. The minimum Gasteiger partial charge on any atom is -0.479 e. The van der Waals surface area contributed by atoms with Gasteiger partial charge in [-0.15, -0.1) is 0 Å². The molecular weight excluding hydrogens is 291 g/mol. The summed E-state index contributed by atoms with van der Waals surface area (Å²) in [6.07, 6.45) is -0.533. The topological polar surface area (TPSA) is 67.4 Å². The summed E-state index contributed by atoms with van der Waals surface area (Å²) >= 11 is 11.7. The van der Waals surface area contributed by atoms with Crippen LogP contribution in [0.15, 0.2) is 18.2 Å². The molecule has 1 aromatic rings. The highest BCUT2D eigenvalue weighted by molar-refractivity contribution is 6.35. The van der Waals surface area contributed by atoms with Gasteiger partial charge in [0, 0.05) is 11.4 Å². The molecule has 0 saturated heterocycles. The Morgan fingerprint density at radius 3 is 2.58 bits per heavy atom. The van der Waals surface area contributed by atoms with Crippen LogP contribution in [0.1, 0.15) is 20.3 Å². The van der Waals surface area contributed by atoms with E-state index in [-0.39, 0.29) is 12.3 Å². The number of benzene rings is 1. The molecule has 0 heterocycles. The lowest BCUT2D eigenvalue weighted by Crippen LogP contribution is -2.46. The number of halogens is 2. The first-order valence-corrected chi connectivity index (χ1v) is 6.40. The van der Waals surface area contributed by atoms with Crippen molar-refractivity contribution in [2.75, 3.05) is 0 Å². The van der Waals surface area contributed by atoms with E-state index in [0.29, 0.717) is 15.8 Å². The summed E-state index contributed by atoms with van der Waals surface area (Å²) in [5, 5.41) is 0.786.